The number of hydrogen-bond acceptors (Lipinski definition) is 3. The Morgan fingerprint density at radius 2 is 2.25 bits per heavy atom. The third-order valence-corrected chi connectivity index (χ3v) is 3.31. The van der Waals surface area contributed by atoms with Crippen molar-refractivity contribution in [1.29, 1.82) is 0 Å². The summed E-state index contributed by atoms with van der Waals surface area (Å²) in [6, 6.07) is 0.701. The van der Waals surface area contributed by atoms with Gasteiger partial charge in [-0.25, -0.2) is 0 Å². The van der Waals surface area contributed by atoms with E-state index in [1.165, 1.54) is 18.1 Å². The third-order valence-electron chi connectivity index (χ3n) is 2.12. The first-order chi connectivity index (χ1) is 5.49. The number of hydrogen-bond donors (Lipinski definition) is 1. The smallest absolute Gasteiger partial charge is 0.0226 e. The van der Waals surface area contributed by atoms with Crippen molar-refractivity contribution >= 4 is 11.8 Å². The molecular weight excluding hydrogens is 168 g/mol. The molecule has 1 fully saturated rings. The molecule has 1 rings (SSSR count). The van der Waals surface area contributed by atoms with Gasteiger partial charge < -0.3 is 5.73 Å². The lowest BCUT2D eigenvalue weighted by Gasteiger charge is -2.37. The van der Waals surface area contributed by atoms with Crippen molar-refractivity contribution in [3.05, 3.63) is 0 Å². The third kappa shape index (κ3) is 3.33. The van der Waals surface area contributed by atoms with Gasteiger partial charge in [-0.1, -0.05) is 0 Å². The summed E-state index contributed by atoms with van der Waals surface area (Å²) in [7, 11) is 0. The molecule has 2 nitrogen and oxygen atoms in total. The fraction of sp³-hybridized carbons (Fsp3) is 1.00. The summed E-state index contributed by atoms with van der Waals surface area (Å²) in [4.78, 5) is 2.50. The van der Waals surface area contributed by atoms with Crippen molar-refractivity contribution in [3.63, 3.8) is 0 Å². The quantitative estimate of drug-likeness (QED) is 0.705. The highest BCUT2D eigenvalue weighted by Gasteiger charge is 2.23. The Balaban J connectivity index is 2.39. The normalized spacial score (nSPS) is 27.5. The Labute approximate surface area is 79.9 Å². The van der Waals surface area contributed by atoms with Crippen LogP contribution in [0.5, 0.6) is 0 Å². The summed E-state index contributed by atoms with van der Waals surface area (Å²) in [6.45, 7) is 8.71. The van der Waals surface area contributed by atoms with Gasteiger partial charge in [0.2, 0.25) is 0 Å². The summed E-state index contributed by atoms with van der Waals surface area (Å²) in [5.41, 5.74) is 5.93. The van der Waals surface area contributed by atoms with Crippen LogP contribution in [0.25, 0.3) is 0 Å². The molecule has 0 saturated carbocycles. The molecular formula is C9H20N2S. The molecule has 0 bridgehead atoms. The van der Waals surface area contributed by atoms with Crippen LogP contribution in [0, 0.1) is 0 Å². The Hall–Kier alpha value is 0.270. The molecule has 0 aromatic carbocycles. The molecule has 0 amide bonds. The maximum Gasteiger partial charge on any atom is 0.0226 e. The molecule has 1 aliphatic rings. The predicted octanol–water partition coefficient (Wildman–Crippen LogP) is 1.16. The van der Waals surface area contributed by atoms with Crippen LogP contribution >= 0.6 is 11.8 Å². The number of rotatable bonds is 2. The van der Waals surface area contributed by atoms with Crippen LogP contribution in [0.1, 0.15) is 20.8 Å². The highest BCUT2D eigenvalue weighted by molar-refractivity contribution is 7.99. The summed E-state index contributed by atoms with van der Waals surface area (Å²) in [5, 5.41) is 0. The van der Waals surface area contributed by atoms with Gasteiger partial charge >= 0.3 is 0 Å². The minimum atomic E-state index is -0.0454. The van der Waals surface area contributed by atoms with E-state index in [4.69, 9.17) is 5.73 Å². The number of nitrogens with zero attached hydrogens (tertiary/aromatic N) is 1. The zero-order chi connectivity index (χ0) is 9.19. The molecule has 2 N–H and O–H groups in total. The van der Waals surface area contributed by atoms with Crippen molar-refractivity contribution in [2.75, 3.05) is 24.6 Å². The molecule has 0 aliphatic carbocycles. The van der Waals surface area contributed by atoms with Crippen LogP contribution in [0.15, 0.2) is 0 Å². The van der Waals surface area contributed by atoms with Crippen LogP contribution in [-0.2, 0) is 0 Å². The van der Waals surface area contributed by atoms with E-state index in [9.17, 15) is 0 Å². The Morgan fingerprint density at radius 3 is 2.75 bits per heavy atom. The summed E-state index contributed by atoms with van der Waals surface area (Å²) in [6.07, 6.45) is 0. The molecule has 1 saturated heterocycles. The molecule has 0 aromatic heterocycles. The van der Waals surface area contributed by atoms with E-state index in [0.29, 0.717) is 6.04 Å². The molecule has 1 atom stereocenters. The van der Waals surface area contributed by atoms with E-state index < -0.39 is 0 Å². The van der Waals surface area contributed by atoms with E-state index in [0.717, 1.165) is 6.54 Å². The van der Waals surface area contributed by atoms with Crippen LogP contribution in [0.3, 0.4) is 0 Å². The number of nitrogens with two attached hydrogens (primary N) is 1. The van der Waals surface area contributed by atoms with E-state index in [1.807, 2.05) is 0 Å². The molecule has 1 heterocycles. The molecule has 0 radical (unpaired) electrons. The summed E-state index contributed by atoms with van der Waals surface area (Å²) < 4.78 is 0. The van der Waals surface area contributed by atoms with Gasteiger partial charge in [-0.05, 0) is 20.8 Å². The second kappa shape index (κ2) is 3.99. The Morgan fingerprint density at radius 1 is 1.58 bits per heavy atom. The van der Waals surface area contributed by atoms with Gasteiger partial charge in [0.05, 0.1) is 0 Å². The zero-order valence-corrected chi connectivity index (χ0v) is 9.16. The van der Waals surface area contributed by atoms with E-state index >= 15 is 0 Å². The second-order valence-electron chi connectivity index (χ2n) is 4.38. The molecule has 1 aliphatic heterocycles. The van der Waals surface area contributed by atoms with Gasteiger partial charge in [-0.2, -0.15) is 11.8 Å². The monoisotopic (exact) mass is 188 g/mol. The number of thioether (sulfide) groups is 1. The van der Waals surface area contributed by atoms with Gasteiger partial charge in [0.1, 0.15) is 0 Å². The fourth-order valence-electron chi connectivity index (χ4n) is 1.52. The maximum atomic E-state index is 5.98. The van der Waals surface area contributed by atoms with E-state index in [1.54, 1.807) is 0 Å². The average molecular weight is 188 g/mol. The predicted molar refractivity (Wildman–Crippen MR) is 56.6 cm³/mol. The first-order valence-corrected chi connectivity index (χ1v) is 5.75. The van der Waals surface area contributed by atoms with Crippen molar-refractivity contribution < 1.29 is 0 Å². The maximum absolute atomic E-state index is 5.98. The lowest BCUT2D eigenvalue weighted by Crippen LogP contribution is -2.51. The Bertz CT molecular complexity index is 142. The molecule has 0 spiro atoms. The van der Waals surface area contributed by atoms with Gasteiger partial charge in [0.15, 0.2) is 0 Å². The van der Waals surface area contributed by atoms with E-state index in [-0.39, 0.29) is 5.54 Å². The topological polar surface area (TPSA) is 29.3 Å². The van der Waals surface area contributed by atoms with Crippen molar-refractivity contribution in [2.45, 2.75) is 32.4 Å². The Kier molecular flexibility index (Phi) is 3.44. The molecule has 72 valence electrons. The van der Waals surface area contributed by atoms with Crippen LogP contribution < -0.4 is 5.73 Å². The van der Waals surface area contributed by atoms with E-state index in [2.05, 4.69) is 37.4 Å². The highest BCUT2D eigenvalue weighted by atomic mass is 32.2. The van der Waals surface area contributed by atoms with Gasteiger partial charge in [-0.15, -0.1) is 0 Å². The first kappa shape index (κ1) is 10.4. The van der Waals surface area contributed by atoms with Crippen LogP contribution in [-0.4, -0.2) is 41.1 Å². The van der Waals surface area contributed by atoms with Crippen molar-refractivity contribution in [2.24, 2.45) is 5.73 Å². The summed E-state index contributed by atoms with van der Waals surface area (Å²) >= 11 is 2.05. The van der Waals surface area contributed by atoms with Crippen LogP contribution in [0.4, 0.5) is 0 Å². The molecule has 1 unspecified atom stereocenters. The standard InChI is InChI=1S/C9H20N2S/c1-8-6-12-5-4-11(8)7-9(2,3)10/h8H,4-7,10H2,1-3H3. The molecule has 12 heavy (non-hydrogen) atoms. The highest BCUT2D eigenvalue weighted by Crippen LogP contribution is 2.17. The first-order valence-electron chi connectivity index (χ1n) is 4.60. The van der Waals surface area contributed by atoms with Crippen molar-refractivity contribution in [3.8, 4) is 0 Å². The second-order valence-corrected chi connectivity index (χ2v) is 5.53. The lowest BCUT2D eigenvalue weighted by molar-refractivity contribution is 0.192. The van der Waals surface area contributed by atoms with Gasteiger partial charge in [0, 0.05) is 36.2 Å². The fourth-order valence-corrected chi connectivity index (χ4v) is 2.60. The van der Waals surface area contributed by atoms with Crippen LogP contribution in [0.2, 0.25) is 0 Å². The van der Waals surface area contributed by atoms with Gasteiger partial charge in [0.25, 0.3) is 0 Å². The molecule has 0 aromatic rings. The average Bonchev–Trinajstić information content (AvgIpc) is 1.91. The van der Waals surface area contributed by atoms with Crippen molar-refractivity contribution in [1.82, 2.24) is 4.90 Å². The lowest BCUT2D eigenvalue weighted by atomic mass is 10.1. The SMILES string of the molecule is CC1CSCCN1CC(C)(C)N. The minimum absolute atomic E-state index is 0.0454. The summed E-state index contributed by atoms with van der Waals surface area (Å²) in [5.74, 6) is 2.52. The minimum Gasteiger partial charge on any atom is -0.324 e. The van der Waals surface area contributed by atoms with Gasteiger partial charge in [-0.3, -0.25) is 4.90 Å². The largest absolute Gasteiger partial charge is 0.324 e. The zero-order valence-electron chi connectivity index (χ0n) is 8.34. The molecule has 3 heteroatoms.